The van der Waals surface area contributed by atoms with Gasteiger partial charge in [-0.2, -0.15) is 0 Å². The van der Waals surface area contributed by atoms with E-state index >= 15 is 0 Å². The molecule has 0 radical (unpaired) electrons. The largest absolute Gasteiger partial charge is 0.478 e. The molecule has 0 saturated heterocycles. The fourth-order valence-electron chi connectivity index (χ4n) is 3.35. The second-order valence-electron chi connectivity index (χ2n) is 6.50. The van der Waals surface area contributed by atoms with Crippen molar-refractivity contribution in [2.24, 2.45) is 0 Å². The summed E-state index contributed by atoms with van der Waals surface area (Å²) in [4.78, 5) is 25.9. The highest BCUT2D eigenvalue weighted by Crippen LogP contribution is 2.33. The lowest BCUT2D eigenvalue weighted by atomic mass is 9.96. The molecular formula is C18H25N3O3. The third-order valence-electron chi connectivity index (χ3n) is 4.73. The monoisotopic (exact) mass is 331 g/mol. The highest BCUT2D eigenvalue weighted by atomic mass is 16.5. The van der Waals surface area contributed by atoms with Crippen LogP contribution in [0.4, 0.5) is 10.5 Å². The molecule has 6 nitrogen and oxygen atoms in total. The number of ether oxygens (including phenoxy) is 1. The van der Waals surface area contributed by atoms with Crippen LogP contribution >= 0.6 is 0 Å². The van der Waals surface area contributed by atoms with Gasteiger partial charge in [0.05, 0.1) is 5.69 Å². The van der Waals surface area contributed by atoms with Gasteiger partial charge in [-0.25, -0.2) is 4.79 Å². The van der Waals surface area contributed by atoms with Gasteiger partial charge in [-0.3, -0.25) is 4.79 Å². The SMILES string of the molecule is CN1C(=O)C(CCNC(=O)NC2CCCCC2)Oc2ccccc21. The molecular weight excluding hydrogens is 306 g/mol. The lowest BCUT2D eigenvalue weighted by molar-refractivity contribution is -0.126. The maximum absolute atomic E-state index is 12.4. The topological polar surface area (TPSA) is 70.7 Å². The summed E-state index contributed by atoms with van der Waals surface area (Å²) in [5.74, 6) is 0.624. The predicted molar refractivity (Wildman–Crippen MR) is 92.3 cm³/mol. The van der Waals surface area contributed by atoms with Crippen LogP contribution in [0.3, 0.4) is 0 Å². The number of hydrogen-bond acceptors (Lipinski definition) is 3. The predicted octanol–water partition coefficient (Wildman–Crippen LogP) is 2.43. The first kappa shape index (κ1) is 16.6. The van der Waals surface area contributed by atoms with Crippen LogP contribution in [-0.4, -0.2) is 37.7 Å². The molecule has 1 aromatic rings. The van der Waals surface area contributed by atoms with Gasteiger partial charge in [0.15, 0.2) is 6.10 Å². The molecule has 0 spiro atoms. The third kappa shape index (κ3) is 3.80. The molecule has 3 rings (SSSR count). The molecule has 1 saturated carbocycles. The number of carbonyl (C=O) groups is 2. The van der Waals surface area contributed by atoms with Gasteiger partial charge in [0.1, 0.15) is 5.75 Å². The average molecular weight is 331 g/mol. The van der Waals surface area contributed by atoms with Gasteiger partial charge in [-0.05, 0) is 25.0 Å². The molecule has 1 aliphatic heterocycles. The number of nitrogens with zero attached hydrogens (tertiary/aromatic N) is 1. The Labute approximate surface area is 142 Å². The van der Waals surface area contributed by atoms with Crippen LogP contribution in [0.2, 0.25) is 0 Å². The van der Waals surface area contributed by atoms with Gasteiger partial charge in [0.25, 0.3) is 5.91 Å². The molecule has 1 unspecified atom stereocenters. The van der Waals surface area contributed by atoms with Gasteiger partial charge >= 0.3 is 6.03 Å². The molecule has 1 fully saturated rings. The van der Waals surface area contributed by atoms with E-state index in [2.05, 4.69) is 10.6 Å². The molecule has 0 bridgehead atoms. The van der Waals surface area contributed by atoms with Crippen LogP contribution in [-0.2, 0) is 4.79 Å². The van der Waals surface area contributed by atoms with Gasteiger partial charge < -0.3 is 20.3 Å². The minimum atomic E-state index is -0.556. The number of fused-ring (bicyclic) bond motifs is 1. The van der Waals surface area contributed by atoms with Crippen LogP contribution in [0.1, 0.15) is 38.5 Å². The van der Waals surface area contributed by atoms with E-state index in [1.807, 2.05) is 24.3 Å². The first-order valence-corrected chi connectivity index (χ1v) is 8.73. The van der Waals surface area contributed by atoms with E-state index in [0.29, 0.717) is 18.7 Å². The van der Waals surface area contributed by atoms with Crippen LogP contribution < -0.4 is 20.3 Å². The summed E-state index contributed by atoms with van der Waals surface area (Å²) >= 11 is 0. The van der Waals surface area contributed by atoms with Crippen molar-refractivity contribution in [1.82, 2.24) is 10.6 Å². The van der Waals surface area contributed by atoms with Crippen molar-refractivity contribution in [1.29, 1.82) is 0 Å². The Hall–Kier alpha value is -2.24. The Balaban J connectivity index is 1.46. The van der Waals surface area contributed by atoms with Crippen molar-refractivity contribution in [3.05, 3.63) is 24.3 Å². The zero-order valence-electron chi connectivity index (χ0n) is 14.1. The molecule has 1 heterocycles. The van der Waals surface area contributed by atoms with Crippen molar-refractivity contribution in [3.63, 3.8) is 0 Å². The van der Waals surface area contributed by atoms with Crippen LogP contribution in [0.25, 0.3) is 0 Å². The number of likely N-dealkylation sites (N-methyl/N-ethyl adjacent to an activating group) is 1. The highest BCUT2D eigenvalue weighted by molar-refractivity contribution is 5.99. The summed E-state index contributed by atoms with van der Waals surface area (Å²) in [6, 6.07) is 7.61. The Morgan fingerprint density at radius 1 is 1.25 bits per heavy atom. The normalized spacial score (nSPS) is 21.0. The number of rotatable bonds is 4. The minimum Gasteiger partial charge on any atom is -0.478 e. The summed E-state index contributed by atoms with van der Waals surface area (Å²) in [7, 11) is 1.75. The third-order valence-corrected chi connectivity index (χ3v) is 4.73. The van der Waals surface area contributed by atoms with Crippen molar-refractivity contribution in [3.8, 4) is 5.75 Å². The Morgan fingerprint density at radius 2 is 2.00 bits per heavy atom. The van der Waals surface area contributed by atoms with E-state index in [1.165, 1.54) is 19.3 Å². The highest BCUT2D eigenvalue weighted by Gasteiger charge is 2.31. The van der Waals surface area contributed by atoms with Crippen molar-refractivity contribution in [2.45, 2.75) is 50.7 Å². The number of carbonyl (C=O) groups excluding carboxylic acids is 2. The van der Waals surface area contributed by atoms with Gasteiger partial charge in [-0.15, -0.1) is 0 Å². The molecule has 0 aromatic heterocycles. The molecule has 1 atom stereocenters. The number of para-hydroxylation sites is 2. The maximum atomic E-state index is 12.4. The standard InChI is InChI=1S/C18H25N3O3/c1-21-14-9-5-6-10-15(14)24-16(17(21)22)11-12-19-18(23)20-13-7-3-2-4-8-13/h5-6,9-10,13,16H,2-4,7-8,11-12H2,1H3,(H2,19,20,23). The van der Waals surface area contributed by atoms with E-state index in [0.717, 1.165) is 18.5 Å². The smallest absolute Gasteiger partial charge is 0.315 e. The summed E-state index contributed by atoms with van der Waals surface area (Å²) in [5.41, 5.74) is 0.779. The number of hydrogen-bond donors (Lipinski definition) is 2. The van der Waals surface area contributed by atoms with E-state index < -0.39 is 6.10 Å². The summed E-state index contributed by atoms with van der Waals surface area (Å²) in [5, 5.41) is 5.84. The number of nitrogens with one attached hydrogen (secondary N) is 2. The van der Waals surface area contributed by atoms with Gasteiger partial charge in [0.2, 0.25) is 0 Å². The number of urea groups is 1. The van der Waals surface area contributed by atoms with Crippen molar-refractivity contribution in [2.75, 3.05) is 18.5 Å². The number of amides is 3. The summed E-state index contributed by atoms with van der Waals surface area (Å²) in [6.07, 6.45) is 5.63. The fourth-order valence-corrected chi connectivity index (χ4v) is 3.35. The lowest BCUT2D eigenvalue weighted by Gasteiger charge is -2.32. The molecule has 130 valence electrons. The van der Waals surface area contributed by atoms with E-state index in [9.17, 15) is 9.59 Å². The van der Waals surface area contributed by atoms with Crippen molar-refractivity contribution >= 4 is 17.6 Å². The second-order valence-corrected chi connectivity index (χ2v) is 6.50. The maximum Gasteiger partial charge on any atom is 0.315 e. The van der Waals surface area contributed by atoms with Gasteiger partial charge in [-0.1, -0.05) is 31.4 Å². The summed E-state index contributed by atoms with van der Waals surface area (Å²) in [6.45, 7) is 0.408. The first-order chi connectivity index (χ1) is 11.6. The van der Waals surface area contributed by atoms with Crippen LogP contribution in [0.5, 0.6) is 5.75 Å². The molecule has 3 amide bonds. The van der Waals surface area contributed by atoms with Gasteiger partial charge in [0, 0.05) is 26.1 Å². The molecule has 24 heavy (non-hydrogen) atoms. The van der Waals surface area contributed by atoms with Crippen LogP contribution in [0, 0.1) is 0 Å². The number of anilines is 1. The zero-order chi connectivity index (χ0) is 16.9. The molecule has 6 heteroatoms. The average Bonchev–Trinajstić information content (AvgIpc) is 2.60. The van der Waals surface area contributed by atoms with Crippen LogP contribution in [0.15, 0.2) is 24.3 Å². The van der Waals surface area contributed by atoms with E-state index in [4.69, 9.17) is 4.74 Å². The van der Waals surface area contributed by atoms with E-state index in [-0.39, 0.29) is 18.0 Å². The number of benzene rings is 1. The minimum absolute atomic E-state index is 0.0804. The lowest BCUT2D eigenvalue weighted by Crippen LogP contribution is -2.47. The summed E-state index contributed by atoms with van der Waals surface area (Å²) < 4.78 is 5.78. The fraction of sp³-hybridized carbons (Fsp3) is 0.556. The quantitative estimate of drug-likeness (QED) is 0.890. The Kier molecular flexibility index (Phi) is 5.23. The first-order valence-electron chi connectivity index (χ1n) is 8.73. The molecule has 2 N–H and O–H groups in total. The van der Waals surface area contributed by atoms with E-state index in [1.54, 1.807) is 11.9 Å². The second kappa shape index (κ2) is 7.55. The Morgan fingerprint density at radius 3 is 2.79 bits per heavy atom. The molecule has 1 aromatic carbocycles. The van der Waals surface area contributed by atoms with Crippen molar-refractivity contribution < 1.29 is 14.3 Å². The molecule has 2 aliphatic rings. The zero-order valence-corrected chi connectivity index (χ0v) is 14.1. The Bertz CT molecular complexity index is 599. The molecule has 1 aliphatic carbocycles.